The molecule has 8 heteroatoms. The molecule has 5 rings (SSSR count). The number of carbonyl (C=O) groups excluding carboxylic acids is 2. The maximum atomic E-state index is 13.1. The lowest BCUT2D eigenvalue weighted by Gasteiger charge is -2.32. The predicted octanol–water partition coefficient (Wildman–Crippen LogP) is 6.80. The molecule has 0 saturated heterocycles. The Labute approximate surface area is 244 Å². The van der Waals surface area contributed by atoms with Crippen molar-refractivity contribution in [3.05, 3.63) is 105 Å². The zero-order chi connectivity index (χ0) is 28.2. The molecule has 0 saturated carbocycles. The number of likely N-dealkylation sites (N-methyl/N-ethyl adjacent to an activating group) is 1. The monoisotopic (exact) mass is 574 g/mol. The van der Waals surface area contributed by atoms with Crippen molar-refractivity contribution in [3.63, 3.8) is 0 Å². The fourth-order valence-electron chi connectivity index (χ4n) is 5.44. The van der Waals surface area contributed by atoms with Crippen molar-refractivity contribution < 1.29 is 9.59 Å². The van der Waals surface area contributed by atoms with Crippen LogP contribution in [0, 0.1) is 0 Å². The van der Waals surface area contributed by atoms with Crippen molar-refractivity contribution in [1.29, 1.82) is 0 Å². The summed E-state index contributed by atoms with van der Waals surface area (Å²) in [5, 5.41) is 5.04. The van der Waals surface area contributed by atoms with E-state index in [-0.39, 0.29) is 17.7 Å². The van der Waals surface area contributed by atoms with Crippen molar-refractivity contribution in [2.24, 2.45) is 0 Å². The number of benzene rings is 3. The van der Waals surface area contributed by atoms with Crippen LogP contribution in [0.2, 0.25) is 10.0 Å². The van der Waals surface area contributed by atoms with E-state index in [1.54, 1.807) is 4.90 Å². The number of fused-ring (bicyclic) bond motifs is 2. The molecule has 6 nitrogen and oxygen atoms in total. The minimum atomic E-state index is -0.0959. The number of anilines is 1. The van der Waals surface area contributed by atoms with Crippen LogP contribution in [0.4, 0.5) is 5.69 Å². The Balaban J connectivity index is 1.37. The molecule has 1 aliphatic heterocycles. The molecule has 0 fully saturated rings. The fourth-order valence-corrected chi connectivity index (χ4v) is 5.74. The van der Waals surface area contributed by atoms with Crippen molar-refractivity contribution in [3.8, 4) is 0 Å². The van der Waals surface area contributed by atoms with Gasteiger partial charge in [-0.2, -0.15) is 0 Å². The Morgan fingerprint density at radius 2 is 1.77 bits per heavy atom. The number of hydrogen-bond acceptors (Lipinski definition) is 4. The summed E-state index contributed by atoms with van der Waals surface area (Å²) in [6.07, 6.45) is 1.62. The third-order valence-electron chi connectivity index (χ3n) is 7.50. The number of hydrogen-bond donors (Lipinski definition) is 1. The standard InChI is InChI=1S/C32H32Cl2N4O2/c1-21(39)35-31-25-10-6-7-11-29(25)36-30-15-17-38(20-26(30)31)16-14-24(23-12-13-27(33)28(34)18-23)19-37(2)32(40)22-8-4-3-5-9-22/h3-13,18,24H,14-17,19-20H2,1-2H3,(H,35,36,39)/t24-/m1/s1. The van der Waals surface area contributed by atoms with E-state index in [0.29, 0.717) is 28.7 Å². The van der Waals surface area contributed by atoms with Crippen LogP contribution in [0.1, 0.15) is 46.4 Å². The molecule has 40 heavy (non-hydrogen) atoms. The summed E-state index contributed by atoms with van der Waals surface area (Å²) in [4.78, 5) is 34.3. The lowest BCUT2D eigenvalue weighted by atomic mass is 9.93. The first-order valence-corrected chi connectivity index (χ1v) is 14.2. The Bertz CT molecular complexity index is 1540. The van der Waals surface area contributed by atoms with Gasteiger partial charge >= 0.3 is 0 Å². The number of halogens is 2. The highest BCUT2D eigenvalue weighted by molar-refractivity contribution is 6.42. The molecule has 4 aromatic rings. The number of aromatic nitrogens is 1. The minimum absolute atomic E-state index is 0.0181. The van der Waals surface area contributed by atoms with Crippen LogP contribution in [-0.2, 0) is 17.8 Å². The Morgan fingerprint density at radius 3 is 2.52 bits per heavy atom. The van der Waals surface area contributed by atoms with Crippen LogP contribution in [0.15, 0.2) is 72.8 Å². The molecule has 1 N–H and O–H groups in total. The SMILES string of the molecule is CC(=O)Nc1c2c(nc3ccccc13)CCN(CC[C@H](CN(C)C(=O)c1ccccc1)c1ccc(Cl)c(Cl)c1)C2. The van der Waals surface area contributed by atoms with E-state index in [4.69, 9.17) is 28.2 Å². The largest absolute Gasteiger partial charge is 0.341 e. The van der Waals surface area contributed by atoms with Gasteiger partial charge in [-0.05, 0) is 48.9 Å². The molecule has 3 aromatic carbocycles. The summed E-state index contributed by atoms with van der Waals surface area (Å²) >= 11 is 12.6. The summed E-state index contributed by atoms with van der Waals surface area (Å²) in [5.41, 5.74) is 5.56. The molecule has 0 aliphatic carbocycles. The molecule has 1 atom stereocenters. The maximum Gasteiger partial charge on any atom is 0.253 e. The first kappa shape index (κ1) is 28.1. The van der Waals surface area contributed by atoms with Gasteiger partial charge in [0.2, 0.25) is 5.91 Å². The van der Waals surface area contributed by atoms with Gasteiger partial charge in [0, 0.05) is 68.2 Å². The van der Waals surface area contributed by atoms with E-state index in [1.165, 1.54) is 6.92 Å². The molecule has 2 heterocycles. The number of rotatable bonds is 8. The van der Waals surface area contributed by atoms with Gasteiger partial charge in [0.15, 0.2) is 0 Å². The highest BCUT2D eigenvalue weighted by Gasteiger charge is 2.25. The van der Waals surface area contributed by atoms with Gasteiger partial charge < -0.3 is 10.2 Å². The zero-order valence-electron chi connectivity index (χ0n) is 22.7. The number of para-hydroxylation sites is 1. The third kappa shape index (κ3) is 6.30. The topological polar surface area (TPSA) is 65.5 Å². The lowest BCUT2D eigenvalue weighted by Crippen LogP contribution is -2.35. The molecule has 0 bridgehead atoms. The third-order valence-corrected chi connectivity index (χ3v) is 8.24. The van der Waals surface area contributed by atoms with Crippen LogP contribution < -0.4 is 5.32 Å². The summed E-state index contributed by atoms with van der Waals surface area (Å²) in [6.45, 7) is 4.45. The van der Waals surface area contributed by atoms with E-state index in [1.807, 2.05) is 79.8 Å². The number of amides is 2. The van der Waals surface area contributed by atoms with Gasteiger partial charge in [0.1, 0.15) is 0 Å². The van der Waals surface area contributed by atoms with E-state index in [0.717, 1.165) is 59.3 Å². The Hall–Kier alpha value is -3.45. The van der Waals surface area contributed by atoms with E-state index >= 15 is 0 Å². The van der Waals surface area contributed by atoms with Gasteiger partial charge in [0.25, 0.3) is 5.91 Å². The first-order chi connectivity index (χ1) is 19.3. The molecule has 2 amide bonds. The smallest absolute Gasteiger partial charge is 0.253 e. The lowest BCUT2D eigenvalue weighted by molar-refractivity contribution is -0.114. The van der Waals surface area contributed by atoms with E-state index < -0.39 is 0 Å². The Kier molecular flexibility index (Phi) is 8.69. The molecular weight excluding hydrogens is 543 g/mol. The van der Waals surface area contributed by atoms with Gasteiger partial charge in [-0.25, -0.2) is 0 Å². The predicted molar refractivity (Wildman–Crippen MR) is 162 cm³/mol. The molecule has 1 aliphatic rings. The van der Waals surface area contributed by atoms with Crippen LogP contribution in [0.25, 0.3) is 10.9 Å². The number of carbonyl (C=O) groups is 2. The highest BCUT2D eigenvalue weighted by Crippen LogP contribution is 2.34. The van der Waals surface area contributed by atoms with E-state index in [2.05, 4.69) is 10.2 Å². The van der Waals surface area contributed by atoms with Gasteiger partial charge in [-0.1, -0.05) is 65.7 Å². The molecule has 0 unspecified atom stereocenters. The van der Waals surface area contributed by atoms with Crippen LogP contribution in [0.5, 0.6) is 0 Å². The summed E-state index contributed by atoms with van der Waals surface area (Å²) in [6, 6.07) is 23.0. The van der Waals surface area contributed by atoms with E-state index in [9.17, 15) is 9.59 Å². The van der Waals surface area contributed by atoms with Crippen LogP contribution in [-0.4, -0.2) is 53.3 Å². The van der Waals surface area contributed by atoms with Crippen LogP contribution >= 0.6 is 23.2 Å². The van der Waals surface area contributed by atoms with Crippen molar-refractivity contribution in [2.75, 3.05) is 32.0 Å². The van der Waals surface area contributed by atoms with Crippen molar-refractivity contribution in [1.82, 2.24) is 14.8 Å². The highest BCUT2D eigenvalue weighted by atomic mass is 35.5. The van der Waals surface area contributed by atoms with Crippen molar-refractivity contribution >= 4 is 51.6 Å². The zero-order valence-corrected chi connectivity index (χ0v) is 24.2. The second-order valence-corrected chi connectivity index (χ2v) is 11.2. The average Bonchev–Trinajstić information content (AvgIpc) is 2.96. The normalized spacial score (nSPS) is 14.0. The molecule has 0 spiro atoms. The second-order valence-electron chi connectivity index (χ2n) is 10.3. The molecule has 1 aromatic heterocycles. The molecule has 206 valence electrons. The van der Waals surface area contributed by atoms with Gasteiger partial charge in [-0.3, -0.25) is 19.5 Å². The number of pyridine rings is 1. The quantitative estimate of drug-likeness (QED) is 0.251. The molecular formula is C32H32Cl2N4O2. The van der Waals surface area contributed by atoms with Crippen LogP contribution in [0.3, 0.4) is 0 Å². The number of nitrogens with zero attached hydrogens (tertiary/aromatic N) is 3. The summed E-state index contributed by atoms with van der Waals surface area (Å²) in [7, 11) is 1.84. The van der Waals surface area contributed by atoms with Gasteiger partial charge in [-0.15, -0.1) is 0 Å². The summed E-state index contributed by atoms with van der Waals surface area (Å²) in [5.74, 6) is -0.0599. The maximum absolute atomic E-state index is 13.1. The summed E-state index contributed by atoms with van der Waals surface area (Å²) < 4.78 is 0. The Morgan fingerprint density at radius 1 is 1.02 bits per heavy atom. The average molecular weight is 576 g/mol. The van der Waals surface area contributed by atoms with Crippen molar-refractivity contribution in [2.45, 2.75) is 32.2 Å². The number of nitrogens with one attached hydrogen (secondary N) is 1. The first-order valence-electron chi connectivity index (χ1n) is 13.5. The second kappa shape index (κ2) is 12.4. The molecule has 0 radical (unpaired) electrons. The minimum Gasteiger partial charge on any atom is -0.341 e. The van der Waals surface area contributed by atoms with Gasteiger partial charge in [0.05, 0.1) is 21.2 Å². The fraction of sp³-hybridized carbons (Fsp3) is 0.281.